The van der Waals surface area contributed by atoms with Crippen LogP contribution < -0.4 is 4.90 Å². The van der Waals surface area contributed by atoms with Crippen molar-refractivity contribution in [2.75, 3.05) is 4.90 Å². The second-order valence-corrected chi connectivity index (χ2v) is 8.14. The Kier molecular flexibility index (Phi) is 5.74. The minimum Gasteiger partial charge on any atom is -0.467 e. The third-order valence-corrected chi connectivity index (χ3v) is 5.62. The van der Waals surface area contributed by atoms with Gasteiger partial charge < -0.3 is 9.32 Å². The Morgan fingerprint density at radius 1 is 1.10 bits per heavy atom. The van der Waals surface area contributed by atoms with Crippen molar-refractivity contribution in [1.29, 1.82) is 0 Å². The van der Waals surface area contributed by atoms with Gasteiger partial charge in [0.15, 0.2) is 0 Å². The Labute approximate surface area is 186 Å². The predicted octanol–water partition coefficient (Wildman–Crippen LogP) is 4.67. The number of furan rings is 1. The van der Waals surface area contributed by atoms with Crippen LogP contribution in [0, 0.1) is 0 Å². The summed E-state index contributed by atoms with van der Waals surface area (Å²) >= 11 is 9.27. The number of hydrogen-bond acceptors (Lipinski definition) is 4. The number of anilines is 1. The van der Waals surface area contributed by atoms with Crippen molar-refractivity contribution in [2.45, 2.75) is 19.0 Å². The minimum atomic E-state index is -0.936. The molecule has 8 heteroatoms. The first-order chi connectivity index (χ1) is 14.4. The van der Waals surface area contributed by atoms with Gasteiger partial charge in [-0.3, -0.25) is 14.4 Å². The zero-order chi connectivity index (χ0) is 21.3. The van der Waals surface area contributed by atoms with Crippen molar-refractivity contribution in [1.82, 2.24) is 4.90 Å². The summed E-state index contributed by atoms with van der Waals surface area (Å²) in [6, 6.07) is 15.7. The van der Waals surface area contributed by atoms with E-state index < -0.39 is 11.9 Å². The highest BCUT2D eigenvalue weighted by atomic mass is 79.9. The number of nitrogens with zero attached hydrogens (tertiary/aromatic N) is 2. The third-order valence-electron chi connectivity index (χ3n) is 4.84. The molecular weight excluding hydrogens is 472 g/mol. The fraction of sp³-hybridized carbons (Fsp3) is 0.136. The van der Waals surface area contributed by atoms with Gasteiger partial charge in [0, 0.05) is 15.1 Å². The van der Waals surface area contributed by atoms with Gasteiger partial charge in [0.25, 0.3) is 11.8 Å². The van der Waals surface area contributed by atoms with Gasteiger partial charge >= 0.3 is 0 Å². The van der Waals surface area contributed by atoms with Gasteiger partial charge in [-0.2, -0.15) is 0 Å². The summed E-state index contributed by atoms with van der Waals surface area (Å²) in [5.41, 5.74) is 0.834. The average Bonchev–Trinajstić information content (AvgIpc) is 3.35. The summed E-state index contributed by atoms with van der Waals surface area (Å²) in [5.74, 6) is -0.677. The summed E-state index contributed by atoms with van der Waals surface area (Å²) in [6.07, 6.45) is 1.39. The van der Waals surface area contributed by atoms with E-state index in [0.29, 0.717) is 22.0 Å². The molecule has 1 aliphatic heterocycles. The van der Waals surface area contributed by atoms with E-state index >= 15 is 0 Å². The van der Waals surface area contributed by atoms with Crippen LogP contribution in [0.5, 0.6) is 0 Å². The molecule has 2 heterocycles. The van der Waals surface area contributed by atoms with Crippen molar-refractivity contribution < 1.29 is 18.8 Å². The molecule has 3 aromatic rings. The summed E-state index contributed by atoms with van der Waals surface area (Å²) in [4.78, 5) is 41.7. The van der Waals surface area contributed by atoms with Crippen LogP contribution in [0.15, 0.2) is 75.8 Å². The molecule has 6 nitrogen and oxygen atoms in total. The van der Waals surface area contributed by atoms with E-state index in [9.17, 15) is 14.4 Å². The Balaban J connectivity index is 1.67. The predicted molar refractivity (Wildman–Crippen MR) is 115 cm³/mol. The first-order valence-electron chi connectivity index (χ1n) is 9.15. The number of imide groups is 1. The largest absolute Gasteiger partial charge is 0.467 e. The van der Waals surface area contributed by atoms with Crippen LogP contribution in [-0.4, -0.2) is 28.7 Å². The highest BCUT2D eigenvalue weighted by molar-refractivity contribution is 9.10. The molecule has 1 aromatic heterocycles. The highest BCUT2D eigenvalue weighted by Gasteiger charge is 2.44. The molecule has 0 N–H and O–H groups in total. The van der Waals surface area contributed by atoms with Gasteiger partial charge in [-0.1, -0.05) is 27.5 Å². The van der Waals surface area contributed by atoms with Crippen LogP contribution in [-0.2, 0) is 16.1 Å². The topological polar surface area (TPSA) is 70.8 Å². The van der Waals surface area contributed by atoms with Crippen LogP contribution in [0.4, 0.5) is 5.69 Å². The van der Waals surface area contributed by atoms with E-state index in [0.717, 1.165) is 9.37 Å². The lowest BCUT2D eigenvalue weighted by Gasteiger charge is -2.27. The molecular formula is C22H16BrClN2O4. The van der Waals surface area contributed by atoms with E-state index in [1.807, 2.05) is 0 Å². The van der Waals surface area contributed by atoms with E-state index in [2.05, 4.69) is 15.9 Å². The second kappa shape index (κ2) is 8.45. The van der Waals surface area contributed by atoms with E-state index in [1.165, 1.54) is 11.2 Å². The highest BCUT2D eigenvalue weighted by Crippen LogP contribution is 2.29. The number of carbonyl (C=O) groups excluding carboxylic acids is 3. The smallest absolute Gasteiger partial charge is 0.257 e. The SMILES string of the molecule is O=C1C[C@@H](N(Cc2ccco2)C(=O)c2ccc(Cl)cc2)C(=O)N1c1ccc(Br)cc1. The maximum atomic E-state index is 13.3. The number of benzene rings is 2. The van der Waals surface area contributed by atoms with Gasteiger partial charge in [0.05, 0.1) is 24.9 Å². The van der Waals surface area contributed by atoms with Crippen molar-refractivity contribution >= 4 is 50.9 Å². The standard InChI is InChI=1S/C22H16BrClN2O4/c23-15-5-9-17(10-6-15)26-20(27)12-19(22(26)29)25(13-18-2-1-11-30-18)21(28)14-3-7-16(24)8-4-14/h1-11,19H,12-13H2/t19-/m1/s1. The Hall–Kier alpha value is -2.90. The number of amides is 3. The Morgan fingerprint density at radius 2 is 1.80 bits per heavy atom. The molecule has 0 unspecified atom stereocenters. The quantitative estimate of drug-likeness (QED) is 0.490. The molecule has 0 aliphatic carbocycles. The van der Waals surface area contributed by atoms with Gasteiger partial charge in [0.2, 0.25) is 5.91 Å². The molecule has 30 heavy (non-hydrogen) atoms. The molecule has 0 bridgehead atoms. The van der Waals surface area contributed by atoms with Crippen LogP contribution in [0.3, 0.4) is 0 Å². The maximum Gasteiger partial charge on any atom is 0.257 e. The summed E-state index contributed by atoms with van der Waals surface area (Å²) in [7, 11) is 0. The van der Waals surface area contributed by atoms with Crippen LogP contribution >= 0.6 is 27.5 Å². The fourth-order valence-corrected chi connectivity index (χ4v) is 3.76. The van der Waals surface area contributed by atoms with Crippen molar-refractivity contribution in [3.05, 3.63) is 87.7 Å². The molecule has 1 saturated heterocycles. The Bertz CT molecular complexity index is 1080. The van der Waals surface area contributed by atoms with Crippen molar-refractivity contribution in [2.24, 2.45) is 0 Å². The van der Waals surface area contributed by atoms with Gasteiger partial charge in [0.1, 0.15) is 11.8 Å². The summed E-state index contributed by atoms with van der Waals surface area (Å²) in [5, 5.41) is 0.498. The Morgan fingerprint density at radius 3 is 2.43 bits per heavy atom. The van der Waals surface area contributed by atoms with Crippen molar-refractivity contribution in [3.63, 3.8) is 0 Å². The lowest BCUT2D eigenvalue weighted by Crippen LogP contribution is -2.45. The molecule has 1 atom stereocenters. The van der Waals surface area contributed by atoms with Crippen LogP contribution in [0.1, 0.15) is 22.5 Å². The van der Waals surface area contributed by atoms with Crippen molar-refractivity contribution in [3.8, 4) is 0 Å². The van der Waals surface area contributed by atoms with Crippen LogP contribution in [0.2, 0.25) is 5.02 Å². The van der Waals surface area contributed by atoms with E-state index in [1.54, 1.807) is 60.7 Å². The molecule has 4 rings (SSSR count). The first-order valence-corrected chi connectivity index (χ1v) is 10.3. The zero-order valence-corrected chi connectivity index (χ0v) is 18.0. The lowest BCUT2D eigenvalue weighted by atomic mass is 10.1. The molecule has 1 aliphatic rings. The van der Waals surface area contributed by atoms with Gasteiger partial charge in [-0.05, 0) is 60.7 Å². The van der Waals surface area contributed by atoms with E-state index in [4.69, 9.17) is 16.0 Å². The lowest BCUT2D eigenvalue weighted by molar-refractivity contribution is -0.122. The van der Waals surface area contributed by atoms with Gasteiger partial charge in [-0.15, -0.1) is 0 Å². The number of halogens is 2. The fourth-order valence-electron chi connectivity index (χ4n) is 3.37. The number of carbonyl (C=O) groups is 3. The van der Waals surface area contributed by atoms with Gasteiger partial charge in [-0.25, -0.2) is 4.90 Å². The molecule has 0 radical (unpaired) electrons. The summed E-state index contributed by atoms with van der Waals surface area (Å²) in [6.45, 7) is 0.0618. The van der Waals surface area contributed by atoms with Crippen LogP contribution in [0.25, 0.3) is 0 Å². The first kappa shape index (κ1) is 20.4. The normalized spacial score (nSPS) is 16.2. The minimum absolute atomic E-state index is 0.0618. The molecule has 2 aromatic carbocycles. The molecule has 0 saturated carbocycles. The molecule has 152 valence electrons. The molecule has 0 spiro atoms. The maximum absolute atomic E-state index is 13.3. The average molecular weight is 488 g/mol. The summed E-state index contributed by atoms with van der Waals surface area (Å²) < 4.78 is 6.22. The van der Waals surface area contributed by atoms with E-state index in [-0.39, 0.29) is 24.8 Å². The number of hydrogen-bond donors (Lipinski definition) is 0. The zero-order valence-electron chi connectivity index (χ0n) is 15.6. The number of rotatable bonds is 5. The monoisotopic (exact) mass is 486 g/mol. The molecule has 3 amide bonds. The molecule has 1 fully saturated rings. The third kappa shape index (κ3) is 4.04. The second-order valence-electron chi connectivity index (χ2n) is 6.78.